The maximum absolute atomic E-state index is 12.3. The van der Waals surface area contributed by atoms with E-state index >= 15 is 0 Å². The molecule has 3 N–H and O–H groups in total. The van der Waals surface area contributed by atoms with Crippen LogP contribution in [-0.2, 0) is 0 Å². The van der Waals surface area contributed by atoms with E-state index in [1.54, 1.807) is 30.3 Å². The van der Waals surface area contributed by atoms with Crippen LogP contribution in [0.4, 0.5) is 23.0 Å². The highest BCUT2D eigenvalue weighted by Crippen LogP contribution is 2.31. The molecule has 142 valence electrons. The number of nitro groups is 1. The molecule has 1 amide bonds. The quantitative estimate of drug-likeness (QED) is 0.389. The molecule has 0 saturated carbocycles. The number of anilines is 3. The molecule has 10 heteroatoms. The van der Waals surface area contributed by atoms with Crippen LogP contribution in [0.2, 0.25) is 0 Å². The van der Waals surface area contributed by atoms with Crippen LogP contribution in [0.1, 0.15) is 15.9 Å². The molecule has 3 rings (SSSR count). The second-order valence-corrected chi connectivity index (χ2v) is 6.58. The molecule has 1 heterocycles. The number of aromatic nitrogens is 2. The maximum Gasteiger partial charge on any atom is 0.355 e. The smallest absolute Gasteiger partial charge is 0.334 e. The molecule has 3 aromatic rings. The summed E-state index contributed by atoms with van der Waals surface area (Å²) in [6.45, 7) is 1.91. The van der Waals surface area contributed by atoms with Crippen molar-refractivity contribution in [1.29, 1.82) is 0 Å². The minimum Gasteiger partial charge on any atom is -0.334 e. The van der Waals surface area contributed by atoms with E-state index in [1.807, 2.05) is 25.1 Å². The van der Waals surface area contributed by atoms with Crippen LogP contribution in [0.25, 0.3) is 0 Å². The van der Waals surface area contributed by atoms with Gasteiger partial charge in [0.1, 0.15) is 6.33 Å². The van der Waals surface area contributed by atoms with Crippen LogP contribution < -0.4 is 16.2 Å². The molecule has 9 nitrogen and oxygen atoms in total. The predicted octanol–water partition coefficient (Wildman–Crippen LogP) is 3.96. The van der Waals surface area contributed by atoms with E-state index < -0.39 is 16.5 Å². The van der Waals surface area contributed by atoms with Crippen molar-refractivity contribution in [2.75, 3.05) is 10.7 Å². The van der Waals surface area contributed by atoms with Crippen molar-refractivity contribution in [2.24, 2.45) is 0 Å². The van der Waals surface area contributed by atoms with Crippen molar-refractivity contribution in [1.82, 2.24) is 15.4 Å². The Bertz CT molecular complexity index is 1040. The van der Waals surface area contributed by atoms with Crippen molar-refractivity contribution in [3.05, 3.63) is 80.6 Å². The zero-order valence-corrected chi connectivity index (χ0v) is 16.2. The minimum atomic E-state index is -0.620. The number of benzene rings is 2. The predicted molar refractivity (Wildman–Crippen MR) is 108 cm³/mol. The molecule has 0 aliphatic rings. The maximum atomic E-state index is 12.3. The minimum absolute atomic E-state index is 0.00300. The zero-order valence-electron chi connectivity index (χ0n) is 14.6. The number of halogens is 1. The van der Waals surface area contributed by atoms with Crippen molar-refractivity contribution in [3.8, 4) is 0 Å². The van der Waals surface area contributed by atoms with E-state index in [1.165, 1.54) is 0 Å². The number of nitrogens with zero attached hydrogens (tertiary/aromatic N) is 3. The summed E-state index contributed by atoms with van der Waals surface area (Å²) in [6.07, 6.45) is 1.16. The summed E-state index contributed by atoms with van der Waals surface area (Å²) < 4.78 is 0.591. The molecule has 0 saturated heterocycles. The van der Waals surface area contributed by atoms with Gasteiger partial charge in [-0.3, -0.25) is 25.8 Å². The van der Waals surface area contributed by atoms with Gasteiger partial charge in [-0.25, -0.2) is 9.97 Å². The van der Waals surface area contributed by atoms with E-state index in [9.17, 15) is 14.9 Å². The van der Waals surface area contributed by atoms with Gasteiger partial charge in [-0.1, -0.05) is 24.3 Å². The molecular weight excluding hydrogens is 428 g/mol. The van der Waals surface area contributed by atoms with E-state index in [-0.39, 0.29) is 11.6 Å². The van der Waals surface area contributed by atoms with E-state index in [0.717, 1.165) is 11.9 Å². The lowest BCUT2D eigenvalue weighted by atomic mass is 10.2. The fraction of sp³-hybridized carbons (Fsp3) is 0.0556. The molecular formula is C18H15BrN6O3. The number of amides is 1. The van der Waals surface area contributed by atoms with Gasteiger partial charge in [0, 0.05) is 10.2 Å². The number of hydrogen-bond acceptors (Lipinski definition) is 7. The standard InChI is InChI=1S/C18H15BrN6O3/c1-11-5-4-6-12(9-11)22-16-15(25(27)28)17(21-10-20-16)23-24-18(26)13-7-2-3-8-14(13)19/h2-10H,1H3,(H,24,26)(H2,20,21,22,23). The zero-order chi connectivity index (χ0) is 20.1. The molecule has 0 aliphatic carbocycles. The Hall–Kier alpha value is -3.53. The lowest BCUT2D eigenvalue weighted by Gasteiger charge is -2.11. The summed E-state index contributed by atoms with van der Waals surface area (Å²) >= 11 is 3.28. The Morgan fingerprint density at radius 2 is 1.86 bits per heavy atom. The highest BCUT2D eigenvalue weighted by Gasteiger charge is 2.24. The third-order valence-electron chi connectivity index (χ3n) is 3.70. The van der Waals surface area contributed by atoms with Gasteiger partial charge in [-0.2, -0.15) is 0 Å². The van der Waals surface area contributed by atoms with E-state index in [4.69, 9.17) is 0 Å². The molecule has 0 radical (unpaired) electrons. The Morgan fingerprint density at radius 1 is 1.11 bits per heavy atom. The SMILES string of the molecule is Cc1cccc(Nc2ncnc(NNC(=O)c3ccccc3Br)c2[N+](=O)[O-])c1. The Kier molecular flexibility index (Phi) is 5.80. The van der Waals surface area contributed by atoms with Gasteiger partial charge >= 0.3 is 5.69 Å². The van der Waals surface area contributed by atoms with Crippen LogP contribution in [-0.4, -0.2) is 20.8 Å². The molecule has 0 bridgehead atoms. The Labute approximate surface area is 168 Å². The largest absolute Gasteiger partial charge is 0.355 e. The number of hydrogen-bond donors (Lipinski definition) is 3. The highest BCUT2D eigenvalue weighted by atomic mass is 79.9. The van der Waals surface area contributed by atoms with Gasteiger partial charge in [-0.15, -0.1) is 0 Å². The topological polar surface area (TPSA) is 122 Å². The van der Waals surface area contributed by atoms with Gasteiger partial charge in [0.2, 0.25) is 11.6 Å². The Morgan fingerprint density at radius 3 is 2.57 bits per heavy atom. The number of carbonyl (C=O) groups is 1. The number of hydrazine groups is 1. The molecule has 1 aromatic heterocycles. The van der Waals surface area contributed by atoms with Gasteiger partial charge in [-0.05, 0) is 52.7 Å². The molecule has 0 fully saturated rings. The van der Waals surface area contributed by atoms with Crippen LogP contribution in [0.3, 0.4) is 0 Å². The third kappa shape index (κ3) is 4.41. The summed E-state index contributed by atoms with van der Waals surface area (Å²) in [6, 6.07) is 14.1. The second-order valence-electron chi connectivity index (χ2n) is 5.73. The average Bonchev–Trinajstić information content (AvgIpc) is 2.66. The number of rotatable bonds is 6. The summed E-state index contributed by atoms with van der Waals surface area (Å²) in [7, 11) is 0. The molecule has 0 spiro atoms. The average molecular weight is 443 g/mol. The molecule has 0 atom stereocenters. The van der Waals surface area contributed by atoms with Crippen LogP contribution in [0, 0.1) is 17.0 Å². The fourth-order valence-corrected chi connectivity index (χ4v) is 2.89. The summed E-state index contributed by atoms with van der Waals surface area (Å²) in [5, 5.41) is 14.5. The second kappa shape index (κ2) is 8.44. The van der Waals surface area contributed by atoms with Crippen molar-refractivity contribution in [2.45, 2.75) is 6.92 Å². The first kappa shape index (κ1) is 19.2. The molecule has 2 aromatic carbocycles. The third-order valence-corrected chi connectivity index (χ3v) is 4.39. The van der Waals surface area contributed by atoms with Gasteiger partial charge < -0.3 is 5.32 Å². The summed E-state index contributed by atoms with van der Waals surface area (Å²) in [5.74, 6) is -0.618. The first-order valence-electron chi connectivity index (χ1n) is 8.09. The monoisotopic (exact) mass is 442 g/mol. The van der Waals surface area contributed by atoms with Crippen molar-refractivity contribution >= 4 is 44.8 Å². The first-order chi connectivity index (χ1) is 13.5. The lowest BCUT2D eigenvalue weighted by molar-refractivity contribution is -0.383. The lowest BCUT2D eigenvalue weighted by Crippen LogP contribution is -2.30. The van der Waals surface area contributed by atoms with Crippen LogP contribution in [0.15, 0.2) is 59.3 Å². The highest BCUT2D eigenvalue weighted by molar-refractivity contribution is 9.10. The molecule has 28 heavy (non-hydrogen) atoms. The summed E-state index contributed by atoms with van der Waals surface area (Å²) in [5.41, 5.74) is 6.52. The van der Waals surface area contributed by atoms with Gasteiger partial charge in [0.05, 0.1) is 10.5 Å². The number of nitrogens with one attached hydrogen (secondary N) is 3. The molecule has 0 unspecified atom stereocenters. The van der Waals surface area contributed by atoms with Crippen LogP contribution in [0.5, 0.6) is 0 Å². The first-order valence-corrected chi connectivity index (χ1v) is 8.89. The van der Waals surface area contributed by atoms with E-state index in [2.05, 4.69) is 42.1 Å². The van der Waals surface area contributed by atoms with Gasteiger partial charge in [0.25, 0.3) is 5.91 Å². The fourth-order valence-electron chi connectivity index (χ4n) is 2.42. The van der Waals surface area contributed by atoms with E-state index in [0.29, 0.717) is 15.7 Å². The molecule has 0 aliphatic heterocycles. The Balaban J connectivity index is 1.84. The van der Waals surface area contributed by atoms with Crippen molar-refractivity contribution in [3.63, 3.8) is 0 Å². The number of carbonyl (C=O) groups excluding carboxylic acids is 1. The van der Waals surface area contributed by atoms with Crippen LogP contribution >= 0.6 is 15.9 Å². The summed E-state index contributed by atoms with van der Waals surface area (Å²) in [4.78, 5) is 31.1. The van der Waals surface area contributed by atoms with Crippen molar-refractivity contribution < 1.29 is 9.72 Å². The van der Waals surface area contributed by atoms with Gasteiger partial charge in [0.15, 0.2) is 0 Å². The number of aryl methyl sites for hydroxylation is 1. The normalized spacial score (nSPS) is 10.2.